The van der Waals surface area contributed by atoms with E-state index in [4.69, 9.17) is 11.6 Å². The van der Waals surface area contributed by atoms with Crippen LogP contribution >= 0.6 is 11.6 Å². The summed E-state index contributed by atoms with van der Waals surface area (Å²) < 4.78 is 52.9. The molecule has 2 fully saturated rings. The van der Waals surface area contributed by atoms with Crippen molar-refractivity contribution in [3.8, 4) is 0 Å². The molecule has 2 saturated heterocycles. The molecule has 2 unspecified atom stereocenters. The fraction of sp³-hybridized carbons (Fsp3) is 0.600. The van der Waals surface area contributed by atoms with Gasteiger partial charge < -0.3 is 0 Å². The summed E-state index contributed by atoms with van der Waals surface area (Å²) in [5.74, 6) is -0.172. The Morgan fingerprint density at radius 1 is 1.12 bits per heavy atom. The Kier molecular flexibility index (Phi) is 4.96. The fourth-order valence-corrected chi connectivity index (χ4v) is 7.08. The SMILES string of the molecule is CS(=O)(=O)N1C2CCC1CC(NS(=O)(=O)Cc1ccccc1Cl)C2. The number of fused-ring (bicyclic) bond motifs is 2. The maximum absolute atomic E-state index is 12.4. The normalized spacial score (nSPS) is 28.2. The van der Waals surface area contributed by atoms with Crippen LogP contribution in [-0.4, -0.2) is 45.5 Å². The van der Waals surface area contributed by atoms with Crippen molar-refractivity contribution in [1.29, 1.82) is 0 Å². The van der Waals surface area contributed by atoms with Crippen molar-refractivity contribution in [3.63, 3.8) is 0 Å². The molecule has 0 saturated carbocycles. The second-order valence-electron chi connectivity index (χ2n) is 6.61. The Balaban J connectivity index is 1.68. The highest BCUT2D eigenvalue weighted by Crippen LogP contribution is 2.37. The average Bonchev–Trinajstić information content (AvgIpc) is 2.73. The van der Waals surface area contributed by atoms with Gasteiger partial charge in [0.25, 0.3) is 0 Å². The molecule has 0 aliphatic carbocycles. The van der Waals surface area contributed by atoms with E-state index < -0.39 is 20.0 Å². The quantitative estimate of drug-likeness (QED) is 0.826. The number of halogens is 1. The van der Waals surface area contributed by atoms with E-state index in [1.165, 1.54) is 6.26 Å². The van der Waals surface area contributed by atoms with Crippen LogP contribution in [0.4, 0.5) is 0 Å². The van der Waals surface area contributed by atoms with E-state index in [2.05, 4.69) is 4.72 Å². The summed E-state index contributed by atoms with van der Waals surface area (Å²) in [5, 5.41) is 0.426. The zero-order chi connectivity index (χ0) is 17.5. The molecule has 24 heavy (non-hydrogen) atoms. The topological polar surface area (TPSA) is 83.6 Å². The lowest BCUT2D eigenvalue weighted by atomic mass is 10.0. The predicted octanol–water partition coefficient (Wildman–Crippen LogP) is 1.71. The first-order valence-electron chi connectivity index (χ1n) is 7.87. The Morgan fingerprint density at radius 3 is 2.25 bits per heavy atom. The summed E-state index contributed by atoms with van der Waals surface area (Å²) in [6.45, 7) is 0. The van der Waals surface area contributed by atoms with Crippen LogP contribution in [-0.2, 0) is 25.8 Å². The fourth-order valence-electron chi connectivity index (χ4n) is 3.89. The van der Waals surface area contributed by atoms with Crippen molar-refractivity contribution >= 4 is 31.6 Å². The molecule has 1 aromatic carbocycles. The molecule has 134 valence electrons. The van der Waals surface area contributed by atoms with E-state index in [1.807, 2.05) is 0 Å². The first-order chi connectivity index (χ1) is 11.2. The van der Waals surface area contributed by atoms with Crippen LogP contribution in [0.25, 0.3) is 0 Å². The molecule has 1 N–H and O–H groups in total. The van der Waals surface area contributed by atoms with Crippen LogP contribution in [0.5, 0.6) is 0 Å². The van der Waals surface area contributed by atoms with E-state index in [-0.39, 0.29) is 23.9 Å². The third-order valence-electron chi connectivity index (χ3n) is 4.70. The number of benzene rings is 1. The van der Waals surface area contributed by atoms with Gasteiger partial charge in [0.15, 0.2) is 0 Å². The molecular weight excluding hydrogens is 372 g/mol. The third-order valence-corrected chi connectivity index (χ3v) is 7.81. The van der Waals surface area contributed by atoms with E-state index in [1.54, 1.807) is 28.6 Å². The third kappa shape index (κ3) is 3.94. The van der Waals surface area contributed by atoms with Crippen molar-refractivity contribution in [2.24, 2.45) is 0 Å². The number of sulfonamides is 2. The van der Waals surface area contributed by atoms with Crippen molar-refractivity contribution in [2.45, 2.75) is 49.6 Å². The molecule has 0 spiro atoms. The zero-order valence-electron chi connectivity index (χ0n) is 13.4. The number of nitrogens with zero attached hydrogens (tertiary/aromatic N) is 1. The molecular formula is C15H21ClN2O4S2. The van der Waals surface area contributed by atoms with E-state index in [0.717, 1.165) is 12.8 Å². The van der Waals surface area contributed by atoms with Crippen LogP contribution < -0.4 is 4.72 Å². The number of hydrogen-bond donors (Lipinski definition) is 1. The van der Waals surface area contributed by atoms with Gasteiger partial charge in [0.2, 0.25) is 20.0 Å². The largest absolute Gasteiger partial charge is 0.216 e. The maximum Gasteiger partial charge on any atom is 0.216 e. The molecule has 3 rings (SSSR count). The molecule has 2 atom stereocenters. The summed E-state index contributed by atoms with van der Waals surface area (Å²) in [6, 6.07) is 6.42. The van der Waals surface area contributed by atoms with Crippen molar-refractivity contribution in [1.82, 2.24) is 9.03 Å². The monoisotopic (exact) mass is 392 g/mol. The van der Waals surface area contributed by atoms with Crippen LogP contribution in [0.15, 0.2) is 24.3 Å². The minimum atomic E-state index is -3.53. The van der Waals surface area contributed by atoms with Gasteiger partial charge in [-0.15, -0.1) is 0 Å². The standard InChI is InChI=1S/C15H21ClN2O4S2/c1-23(19,20)18-13-6-7-14(18)9-12(8-13)17-24(21,22)10-11-4-2-3-5-15(11)16/h2-5,12-14,17H,6-10H2,1H3. The molecule has 6 nitrogen and oxygen atoms in total. The van der Waals surface area contributed by atoms with Gasteiger partial charge in [0, 0.05) is 23.1 Å². The molecule has 0 amide bonds. The smallest absolute Gasteiger partial charge is 0.212 e. The van der Waals surface area contributed by atoms with Crippen LogP contribution in [0.1, 0.15) is 31.2 Å². The van der Waals surface area contributed by atoms with Gasteiger partial charge in [-0.1, -0.05) is 29.8 Å². The lowest BCUT2D eigenvalue weighted by Gasteiger charge is -2.37. The summed E-state index contributed by atoms with van der Waals surface area (Å²) in [4.78, 5) is 0. The highest BCUT2D eigenvalue weighted by Gasteiger charge is 2.45. The molecule has 9 heteroatoms. The van der Waals surface area contributed by atoms with Gasteiger partial charge in [0.05, 0.1) is 12.0 Å². The highest BCUT2D eigenvalue weighted by atomic mass is 35.5. The molecule has 0 aromatic heterocycles. The summed E-state index contributed by atoms with van der Waals surface area (Å²) in [6.07, 6.45) is 3.85. The lowest BCUT2D eigenvalue weighted by Crippen LogP contribution is -2.52. The minimum Gasteiger partial charge on any atom is -0.212 e. The summed E-state index contributed by atoms with van der Waals surface area (Å²) in [5.41, 5.74) is 0.559. The molecule has 2 aliphatic heterocycles. The van der Waals surface area contributed by atoms with Gasteiger partial charge in [-0.3, -0.25) is 0 Å². The van der Waals surface area contributed by atoms with Crippen molar-refractivity contribution in [2.75, 3.05) is 6.26 Å². The van der Waals surface area contributed by atoms with Crippen LogP contribution in [0.3, 0.4) is 0 Å². The Morgan fingerprint density at radius 2 is 1.71 bits per heavy atom. The number of piperidine rings is 1. The summed E-state index contributed by atoms with van der Waals surface area (Å²) in [7, 11) is -6.78. The molecule has 2 bridgehead atoms. The van der Waals surface area contributed by atoms with Gasteiger partial charge in [-0.25, -0.2) is 21.6 Å². The summed E-state index contributed by atoms with van der Waals surface area (Å²) >= 11 is 6.03. The average molecular weight is 393 g/mol. The minimum absolute atomic E-state index is 0.105. The first-order valence-corrected chi connectivity index (χ1v) is 11.8. The van der Waals surface area contributed by atoms with Gasteiger partial charge in [0.1, 0.15) is 0 Å². The van der Waals surface area contributed by atoms with Crippen molar-refractivity contribution < 1.29 is 16.8 Å². The van der Waals surface area contributed by atoms with E-state index in [0.29, 0.717) is 23.4 Å². The number of nitrogens with one attached hydrogen (secondary N) is 1. The Bertz CT molecular complexity index is 812. The van der Waals surface area contributed by atoms with Crippen LogP contribution in [0, 0.1) is 0 Å². The highest BCUT2D eigenvalue weighted by molar-refractivity contribution is 7.88. The maximum atomic E-state index is 12.4. The zero-order valence-corrected chi connectivity index (χ0v) is 15.7. The predicted molar refractivity (Wildman–Crippen MR) is 93.7 cm³/mol. The van der Waals surface area contributed by atoms with Gasteiger partial charge in [-0.2, -0.15) is 4.31 Å². The second-order valence-corrected chi connectivity index (χ2v) is 10.7. The second kappa shape index (κ2) is 6.57. The molecule has 2 aliphatic rings. The number of hydrogen-bond acceptors (Lipinski definition) is 4. The first kappa shape index (κ1) is 18.1. The van der Waals surface area contributed by atoms with E-state index >= 15 is 0 Å². The lowest BCUT2D eigenvalue weighted by molar-refractivity contribution is 0.221. The van der Waals surface area contributed by atoms with E-state index in [9.17, 15) is 16.8 Å². The Labute approximate surface area is 148 Å². The van der Waals surface area contributed by atoms with Gasteiger partial charge in [-0.05, 0) is 37.3 Å². The van der Waals surface area contributed by atoms with Gasteiger partial charge >= 0.3 is 0 Å². The molecule has 2 heterocycles. The number of rotatable bonds is 5. The molecule has 0 radical (unpaired) electrons. The Hall–Kier alpha value is -0.670. The van der Waals surface area contributed by atoms with Crippen molar-refractivity contribution in [3.05, 3.63) is 34.9 Å². The van der Waals surface area contributed by atoms with Crippen LogP contribution in [0.2, 0.25) is 5.02 Å². The molecule has 1 aromatic rings.